The lowest BCUT2D eigenvalue weighted by molar-refractivity contribution is 0.606. The molecule has 0 saturated carbocycles. The third kappa shape index (κ3) is 2.53. The van der Waals surface area contributed by atoms with Crippen LogP contribution in [0.5, 0.6) is 0 Å². The van der Waals surface area contributed by atoms with Crippen molar-refractivity contribution in [1.29, 1.82) is 0 Å². The fraction of sp³-hybridized carbons (Fsp3) is 0.143. The average molecular weight is 317 g/mol. The molecule has 22 heavy (non-hydrogen) atoms. The van der Waals surface area contributed by atoms with Crippen LogP contribution in [-0.2, 0) is 17.1 Å². The number of sulfonamides is 1. The maximum Gasteiger partial charge on any atom is 0.231 e. The summed E-state index contributed by atoms with van der Waals surface area (Å²) >= 11 is 0. The van der Waals surface area contributed by atoms with Gasteiger partial charge in [0, 0.05) is 35.8 Å². The summed E-state index contributed by atoms with van der Waals surface area (Å²) in [6.45, 7) is 1.81. The molecule has 8 heteroatoms. The second-order valence-electron chi connectivity index (χ2n) is 4.94. The van der Waals surface area contributed by atoms with Crippen LogP contribution in [0.3, 0.4) is 0 Å². The van der Waals surface area contributed by atoms with Crippen LogP contribution < -0.4 is 5.14 Å². The summed E-state index contributed by atoms with van der Waals surface area (Å²) < 4.78 is 25.9. The van der Waals surface area contributed by atoms with Crippen molar-refractivity contribution in [2.45, 2.75) is 6.92 Å². The number of hydrogen-bond acceptors (Lipinski definition) is 4. The topological polar surface area (TPSA) is 95.8 Å². The van der Waals surface area contributed by atoms with Crippen molar-refractivity contribution in [3.05, 3.63) is 47.3 Å². The van der Waals surface area contributed by atoms with Crippen LogP contribution in [0.2, 0.25) is 0 Å². The Hall–Kier alpha value is -2.45. The summed E-state index contributed by atoms with van der Waals surface area (Å²) in [5, 5.41) is 11.4. The van der Waals surface area contributed by atoms with Crippen LogP contribution in [0.4, 0.5) is 0 Å². The highest BCUT2D eigenvalue weighted by Gasteiger charge is 2.15. The van der Waals surface area contributed by atoms with Gasteiger partial charge in [-0.05, 0) is 31.2 Å². The highest BCUT2D eigenvalue weighted by molar-refractivity contribution is 7.92. The van der Waals surface area contributed by atoms with E-state index in [0.29, 0.717) is 11.3 Å². The van der Waals surface area contributed by atoms with Gasteiger partial charge in [-0.1, -0.05) is 0 Å². The second kappa shape index (κ2) is 5.08. The predicted octanol–water partition coefficient (Wildman–Crippen LogP) is 1.33. The zero-order valence-corrected chi connectivity index (χ0v) is 12.9. The van der Waals surface area contributed by atoms with Gasteiger partial charge in [0.1, 0.15) is 11.5 Å². The van der Waals surface area contributed by atoms with Crippen LogP contribution in [0, 0.1) is 6.92 Å². The minimum Gasteiger partial charge on any atom is -0.285 e. The van der Waals surface area contributed by atoms with Gasteiger partial charge in [-0.3, -0.25) is 9.25 Å². The molecule has 0 aliphatic rings. The van der Waals surface area contributed by atoms with Gasteiger partial charge in [0.05, 0.1) is 5.69 Å². The summed E-state index contributed by atoms with van der Waals surface area (Å²) in [4.78, 5) is 4.37. The van der Waals surface area contributed by atoms with Crippen molar-refractivity contribution in [1.82, 2.24) is 19.3 Å². The summed E-state index contributed by atoms with van der Waals surface area (Å²) in [5.74, 6) is 0.728. The Morgan fingerprint density at radius 3 is 2.82 bits per heavy atom. The molecule has 3 heterocycles. The van der Waals surface area contributed by atoms with E-state index in [9.17, 15) is 8.42 Å². The molecule has 0 atom stereocenters. The third-order valence-corrected chi connectivity index (χ3v) is 3.85. The van der Waals surface area contributed by atoms with Gasteiger partial charge in [-0.2, -0.15) is 5.10 Å². The third-order valence-electron chi connectivity index (χ3n) is 3.34. The highest BCUT2D eigenvalue weighted by Crippen LogP contribution is 2.24. The zero-order valence-electron chi connectivity index (χ0n) is 12.1. The van der Waals surface area contributed by atoms with Gasteiger partial charge in [-0.15, -0.1) is 0 Å². The summed E-state index contributed by atoms with van der Waals surface area (Å²) in [6, 6.07) is 5.77. The molecule has 2 N–H and O–H groups in total. The Balaban J connectivity index is 2.25. The Morgan fingerprint density at radius 2 is 2.09 bits per heavy atom. The van der Waals surface area contributed by atoms with E-state index in [1.54, 1.807) is 17.9 Å². The van der Waals surface area contributed by atoms with Crippen molar-refractivity contribution >= 4 is 27.1 Å². The second-order valence-corrected chi connectivity index (χ2v) is 6.39. The molecule has 0 aromatic carbocycles. The van der Waals surface area contributed by atoms with E-state index in [1.807, 2.05) is 35.9 Å². The zero-order chi connectivity index (χ0) is 15.9. The number of pyridine rings is 1. The van der Waals surface area contributed by atoms with E-state index in [2.05, 4.69) is 10.1 Å². The monoisotopic (exact) mass is 317 g/mol. The number of nitrogens with zero attached hydrogens (tertiary/aromatic N) is 4. The van der Waals surface area contributed by atoms with Crippen molar-refractivity contribution in [2.24, 2.45) is 12.2 Å². The lowest BCUT2D eigenvalue weighted by Crippen LogP contribution is -2.07. The lowest BCUT2D eigenvalue weighted by Gasteiger charge is -2.06. The fourth-order valence-corrected chi connectivity index (χ4v) is 2.77. The maximum atomic E-state index is 11.2. The predicted molar refractivity (Wildman–Crippen MR) is 84.7 cm³/mol. The highest BCUT2D eigenvalue weighted by atomic mass is 32.2. The van der Waals surface area contributed by atoms with Crippen LogP contribution in [0.15, 0.2) is 36.0 Å². The molecule has 0 unspecified atom stereocenters. The Labute approximate surface area is 127 Å². The van der Waals surface area contributed by atoms with Crippen molar-refractivity contribution < 1.29 is 8.42 Å². The molecule has 114 valence electrons. The Kier molecular flexibility index (Phi) is 3.34. The van der Waals surface area contributed by atoms with Crippen LogP contribution in [-0.4, -0.2) is 27.7 Å². The first kappa shape index (κ1) is 14.5. The number of hydrogen-bond donors (Lipinski definition) is 1. The summed E-state index contributed by atoms with van der Waals surface area (Å²) in [7, 11) is -1.90. The van der Waals surface area contributed by atoms with E-state index in [0.717, 1.165) is 22.3 Å². The first-order valence-electron chi connectivity index (χ1n) is 6.54. The van der Waals surface area contributed by atoms with E-state index in [-0.39, 0.29) is 0 Å². The largest absolute Gasteiger partial charge is 0.285 e. The SMILES string of the molecule is Cc1nn(C)c(-n2ccc3cccnc32)c1C=CS(N)(=O)=O. The van der Waals surface area contributed by atoms with Gasteiger partial charge in [0.2, 0.25) is 10.0 Å². The molecule has 0 aliphatic heterocycles. The first-order chi connectivity index (χ1) is 10.4. The molecule has 3 aromatic heterocycles. The van der Waals surface area contributed by atoms with E-state index in [1.165, 1.54) is 6.08 Å². The molecule has 3 rings (SSSR count). The molecule has 0 saturated heterocycles. The smallest absolute Gasteiger partial charge is 0.231 e. The minimum absolute atomic E-state index is 0.680. The number of nitrogens with two attached hydrogens (primary N) is 1. The number of aryl methyl sites for hydroxylation is 2. The van der Waals surface area contributed by atoms with E-state index >= 15 is 0 Å². The Bertz CT molecular complexity index is 982. The van der Waals surface area contributed by atoms with Crippen molar-refractivity contribution in [2.75, 3.05) is 0 Å². The normalized spacial score (nSPS) is 12.5. The van der Waals surface area contributed by atoms with E-state index in [4.69, 9.17) is 5.14 Å². The van der Waals surface area contributed by atoms with E-state index < -0.39 is 10.0 Å². The van der Waals surface area contributed by atoms with Gasteiger partial charge in [0.25, 0.3) is 0 Å². The molecule has 3 aromatic rings. The number of rotatable bonds is 3. The molecular formula is C14H15N5O2S. The molecule has 0 radical (unpaired) electrons. The standard InChI is InChI=1S/C14H15N5O2S/c1-10-12(6-9-22(15,20)21)14(18(2)17-10)19-8-5-11-4-3-7-16-13(11)19/h3-9H,1-2H3,(H2,15,20,21). The molecule has 0 fully saturated rings. The lowest BCUT2D eigenvalue weighted by atomic mass is 10.2. The van der Waals surface area contributed by atoms with Crippen molar-refractivity contribution in [3.63, 3.8) is 0 Å². The molecule has 0 aliphatic carbocycles. The number of primary sulfonamides is 1. The van der Waals surface area contributed by atoms with Gasteiger partial charge >= 0.3 is 0 Å². The van der Waals surface area contributed by atoms with Gasteiger partial charge < -0.3 is 0 Å². The molecule has 7 nitrogen and oxygen atoms in total. The van der Waals surface area contributed by atoms with Crippen LogP contribution in [0.1, 0.15) is 11.3 Å². The van der Waals surface area contributed by atoms with Crippen LogP contribution in [0.25, 0.3) is 22.9 Å². The minimum atomic E-state index is -3.70. The quantitative estimate of drug-likeness (QED) is 0.788. The maximum absolute atomic E-state index is 11.2. The molecule has 0 amide bonds. The summed E-state index contributed by atoms with van der Waals surface area (Å²) in [6.07, 6.45) is 5.05. The number of fused-ring (bicyclic) bond motifs is 1. The van der Waals surface area contributed by atoms with Crippen LogP contribution >= 0.6 is 0 Å². The first-order valence-corrected chi connectivity index (χ1v) is 8.15. The Morgan fingerprint density at radius 1 is 1.32 bits per heavy atom. The van der Waals surface area contributed by atoms with Gasteiger partial charge in [-0.25, -0.2) is 18.5 Å². The molecule has 0 spiro atoms. The van der Waals surface area contributed by atoms with Gasteiger partial charge in [0.15, 0.2) is 0 Å². The average Bonchev–Trinajstić information content (AvgIpc) is 2.96. The summed E-state index contributed by atoms with van der Waals surface area (Å²) in [5.41, 5.74) is 2.16. The van der Waals surface area contributed by atoms with Crippen molar-refractivity contribution in [3.8, 4) is 5.82 Å². The molecular weight excluding hydrogens is 302 g/mol. The number of aromatic nitrogens is 4. The molecule has 0 bridgehead atoms. The fourth-order valence-electron chi connectivity index (χ4n) is 2.44.